The van der Waals surface area contributed by atoms with Crippen LogP contribution < -0.4 is 5.32 Å². The molecule has 8 nitrogen and oxygen atoms in total. The molecular formula is C26H26FN5O3S. The molecule has 2 aromatic carbocycles. The average molecular weight is 508 g/mol. The van der Waals surface area contributed by atoms with Crippen molar-refractivity contribution in [3.8, 4) is 0 Å². The van der Waals surface area contributed by atoms with Crippen molar-refractivity contribution in [2.24, 2.45) is 0 Å². The SMILES string of the molecule is O=C(NC[C@@H]1CCCO1)[C@H](c1cccs1)N(Cc1ccc(F)cc1)C(=O)Cn1nnc2ccccc21. The zero-order chi connectivity index (χ0) is 24.9. The Bertz CT molecular complexity index is 1320. The van der Waals surface area contributed by atoms with E-state index in [1.807, 2.05) is 41.8 Å². The number of hydrogen-bond acceptors (Lipinski definition) is 6. The van der Waals surface area contributed by atoms with Crippen molar-refractivity contribution >= 4 is 34.2 Å². The van der Waals surface area contributed by atoms with Crippen molar-refractivity contribution in [1.29, 1.82) is 0 Å². The first kappa shape index (κ1) is 24.1. The number of benzene rings is 2. The Morgan fingerprint density at radius 2 is 2.00 bits per heavy atom. The maximum atomic E-state index is 13.8. The van der Waals surface area contributed by atoms with Crippen molar-refractivity contribution in [3.63, 3.8) is 0 Å². The summed E-state index contributed by atoms with van der Waals surface area (Å²) in [4.78, 5) is 29.6. The van der Waals surface area contributed by atoms with Gasteiger partial charge in [-0.3, -0.25) is 9.59 Å². The van der Waals surface area contributed by atoms with Crippen LogP contribution in [0.15, 0.2) is 66.0 Å². The summed E-state index contributed by atoms with van der Waals surface area (Å²) in [5, 5.41) is 13.1. The number of rotatable bonds is 9. The Labute approximate surface area is 211 Å². The lowest BCUT2D eigenvalue weighted by molar-refractivity contribution is -0.142. The second kappa shape index (κ2) is 11.0. The van der Waals surface area contributed by atoms with E-state index in [0.29, 0.717) is 24.2 Å². The van der Waals surface area contributed by atoms with Gasteiger partial charge in [0.25, 0.3) is 0 Å². The molecule has 0 radical (unpaired) electrons. The number of amides is 2. The summed E-state index contributed by atoms with van der Waals surface area (Å²) >= 11 is 1.41. The summed E-state index contributed by atoms with van der Waals surface area (Å²) in [6.07, 6.45) is 1.83. The van der Waals surface area contributed by atoms with Crippen LogP contribution in [-0.2, 0) is 27.4 Å². The van der Waals surface area contributed by atoms with Gasteiger partial charge >= 0.3 is 0 Å². The fourth-order valence-corrected chi connectivity index (χ4v) is 5.19. The lowest BCUT2D eigenvalue weighted by Gasteiger charge is -2.31. The van der Waals surface area contributed by atoms with E-state index < -0.39 is 6.04 Å². The van der Waals surface area contributed by atoms with Gasteiger partial charge in [-0.2, -0.15) is 0 Å². The molecule has 186 valence electrons. The van der Waals surface area contributed by atoms with Crippen LogP contribution in [0.4, 0.5) is 4.39 Å². The summed E-state index contributed by atoms with van der Waals surface area (Å²) in [6.45, 7) is 1.10. The number of halogens is 1. The van der Waals surface area contributed by atoms with Crippen LogP contribution in [0, 0.1) is 5.82 Å². The van der Waals surface area contributed by atoms with Crippen molar-refractivity contribution in [2.45, 2.75) is 38.1 Å². The molecule has 1 aliphatic heterocycles. The number of hydrogen-bond donors (Lipinski definition) is 1. The zero-order valence-corrected chi connectivity index (χ0v) is 20.4. The molecule has 0 unspecified atom stereocenters. The second-order valence-electron chi connectivity index (χ2n) is 8.68. The molecule has 5 rings (SSSR count). The van der Waals surface area contributed by atoms with E-state index in [-0.39, 0.29) is 36.8 Å². The normalized spacial score (nSPS) is 16.2. The van der Waals surface area contributed by atoms with Gasteiger partial charge in [-0.05, 0) is 54.1 Å². The molecule has 3 heterocycles. The first-order valence-electron chi connectivity index (χ1n) is 11.8. The van der Waals surface area contributed by atoms with Gasteiger partial charge in [0, 0.05) is 24.6 Å². The third-order valence-corrected chi connectivity index (χ3v) is 7.12. The van der Waals surface area contributed by atoms with E-state index in [4.69, 9.17) is 4.74 Å². The molecule has 0 spiro atoms. The molecule has 1 aliphatic rings. The highest BCUT2D eigenvalue weighted by Crippen LogP contribution is 2.28. The minimum Gasteiger partial charge on any atom is -0.376 e. The van der Waals surface area contributed by atoms with Crippen LogP contribution in [0.1, 0.15) is 29.3 Å². The third kappa shape index (κ3) is 5.44. The molecule has 2 aromatic heterocycles. The first-order valence-corrected chi connectivity index (χ1v) is 12.7. The smallest absolute Gasteiger partial charge is 0.248 e. The number of thiophene rings is 1. The van der Waals surface area contributed by atoms with Gasteiger partial charge in [-0.1, -0.05) is 35.5 Å². The molecule has 4 aromatic rings. The van der Waals surface area contributed by atoms with E-state index >= 15 is 0 Å². The van der Waals surface area contributed by atoms with Gasteiger partial charge in [0.2, 0.25) is 11.8 Å². The molecule has 2 amide bonds. The van der Waals surface area contributed by atoms with Gasteiger partial charge in [-0.15, -0.1) is 16.4 Å². The van der Waals surface area contributed by atoms with Crippen molar-refractivity contribution in [3.05, 3.63) is 82.3 Å². The van der Waals surface area contributed by atoms with Gasteiger partial charge in [0.15, 0.2) is 0 Å². The highest BCUT2D eigenvalue weighted by molar-refractivity contribution is 7.10. The van der Waals surface area contributed by atoms with E-state index in [1.165, 1.54) is 33.1 Å². The molecule has 1 fully saturated rings. The highest BCUT2D eigenvalue weighted by Gasteiger charge is 2.33. The lowest BCUT2D eigenvalue weighted by Crippen LogP contribution is -2.45. The first-order chi connectivity index (χ1) is 17.6. The molecular weight excluding hydrogens is 481 g/mol. The van der Waals surface area contributed by atoms with Crippen LogP contribution in [0.5, 0.6) is 0 Å². The van der Waals surface area contributed by atoms with Crippen molar-refractivity contribution in [1.82, 2.24) is 25.2 Å². The number of carbonyl (C=O) groups excluding carboxylic acids is 2. The van der Waals surface area contributed by atoms with E-state index in [9.17, 15) is 14.0 Å². The maximum Gasteiger partial charge on any atom is 0.248 e. The number of nitrogens with one attached hydrogen (secondary N) is 1. The summed E-state index contributed by atoms with van der Waals surface area (Å²) in [5.74, 6) is -0.956. The fraction of sp³-hybridized carbons (Fsp3) is 0.308. The molecule has 1 saturated heterocycles. The minimum absolute atomic E-state index is 0.0271. The molecule has 0 saturated carbocycles. The predicted molar refractivity (Wildman–Crippen MR) is 134 cm³/mol. The molecule has 36 heavy (non-hydrogen) atoms. The summed E-state index contributed by atoms with van der Waals surface area (Å²) < 4.78 is 20.8. The zero-order valence-electron chi connectivity index (χ0n) is 19.5. The lowest BCUT2D eigenvalue weighted by atomic mass is 10.1. The second-order valence-corrected chi connectivity index (χ2v) is 9.66. The van der Waals surface area contributed by atoms with E-state index in [2.05, 4.69) is 15.6 Å². The number of ether oxygens (including phenoxy) is 1. The van der Waals surface area contributed by atoms with E-state index in [1.54, 1.807) is 12.1 Å². The monoisotopic (exact) mass is 507 g/mol. The Morgan fingerprint density at radius 1 is 1.17 bits per heavy atom. The standard InChI is InChI=1S/C26H26FN5O3S/c27-19-11-9-18(10-12-19)16-31(24(33)17-32-22-7-2-1-6-21(22)29-30-32)25(23-8-4-14-36-23)26(34)28-15-20-5-3-13-35-20/h1-2,4,6-12,14,20,25H,3,5,13,15-17H2,(H,28,34)/t20-,25-/m0/s1. The summed E-state index contributed by atoms with van der Waals surface area (Å²) in [5.41, 5.74) is 2.12. The van der Waals surface area contributed by atoms with Gasteiger partial charge in [0.1, 0.15) is 23.9 Å². The number of carbonyl (C=O) groups is 2. The topological polar surface area (TPSA) is 89.4 Å². The van der Waals surface area contributed by atoms with Crippen LogP contribution in [0.2, 0.25) is 0 Å². The Hall–Kier alpha value is -3.63. The minimum atomic E-state index is -0.862. The average Bonchev–Trinajstić information content (AvgIpc) is 3.67. The Kier molecular flexibility index (Phi) is 7.33. The Balaban J connectivity index is 1.45. The molecule has 2 atom stereocenters. The predicted octanol–water partition coefficient (Wildman–Crippen LogP) is 3.70. The van der Waals surface area contributed by atoms with Crippen LogP contribution in [0.25, 0.3) is 11.0 Å². The largest absolute Gasteiger partial charge is 0.376 e. The molecule has 0 bridgehead atoms. The third-order valence-electron chi connectivity index (χ3n) is 6.19. The van der Waals surface area contributed by atoms with Gasteiger partial charge in [-0.25, -0.2) is 9.07 Å². The van der Waals surface area contributed by atoms with E-state index in [0.717, 1.165) is 23.2 Å². The summed E-state index contributed by atoms with van der Waals surface area (Å²) in [7, 11) is 0. The van der Waals surface area contributed by atoms with Crippen molar-refractivity contribution in [2.75, 3.05) is 13.2 Å². The number of para-hydroxylation sites is 1. The van der Waals surface area contributed by atoms with Gasteiger partial charge < -0.3 is 15.0 Å². The number of fused-ring (bicyclic) bond motifs is 1. The van der Waals surface area contributed by atoms with Crippen molar-refractivity contribution < 1.29 is 18.7 Å². The molecule has 0 aliphatic carbocycles. The molecule has 1 N–H and O–H groups in total. The van der Waals surface area contributed by atoms with Crippen LogP contribution in [-0.4, -0.2) is 51.0 Å². The molecule has 10 heteroatoms. The summed E-state index contributed by atoms with van der Waals surface area (Å²) in [6, 6.07) is 16.2. The number of aromatic nitrogens is 3. The fourth-order valence-electron chi connectivity index (χ4n) is 4.35. The van der Waals surface area contributed by atoms with Gasteiger partial charge in [0.05, 0.1) is 11.6 Å². The van der Waals surface area contributed by atoms with Crippen LogP contribution in [0.3, 0.4) is 0 Å². The maximum absolute atomic E-state index is 13.8. The highest BCUT2D eigenvalue weighted by atomic mass is 32.1. The number of nitrogens with zero attached hydrogens (tertiary/aromatic N) is 4. The quantitative estimate of drug-likeness (QED) is 0.373. The Morgan fingerprint density at radius 3 is 2.75 bits per heavy atom. The van der Waals surface area contributed by atoms with Crippen LogP contribution >= 0.6 is 11.3 Å².